The van der Waals surface area contributed by atoms with E-state index in [2.05, 4.69) is 10.3 Å². The molecule has 1 aliphatic rings. The van der Waals surface area contributed by atoms with E-state index in [1.54, 1.807) is 18.2 Å². The van der Waals surface area contributed by atoms with Crippen LogP contribution in [0.5, 0.6) is 11.6 Å². The molecule has 0 bridgehead atoms. The van der Waals surface area contributed by atoms with Gasteiger partial charge in [-0.2, -0.15) is 0 Å². The first-order valence-corrected chi connectivity index (χ1v) is 8.31. The number of rotatable bonds is 6. The number of carbonyl (C=O) groups is 2. The highest BCUT2D eigenvalue weighted by Crippen LogP contribution is 2.31. The van der Waals surface area contributed by atoms with Gasteiger partial charge in [0.2, 0.25) is 5.88 Å². The van der Waals surface area contributed by atoms with Gasteiger partial charge in [0.05, 0.1) is 17.7 Å². The molecule has 1 fully saturated rings. The largest absolute Gasteiger partial charge is 0.490 e. The number of fused-ring (bicyclic) bond motifs is 1. The van der Waals surface area contributed by atoms with Gasteiger partial charge in [0.15, 0.2) is 6.17 Å². The van der Waals surface area contributed by atoms with E-state index >= 15 is 0 Å². The summed E-state index contributed by atoms with van der Waals surface area (Å²) in [5.74, 6) is -0.563. The second-order valence-electron chi connectivity index (χ2n) is 6.44. The van der Waals surface area contributed by atoms with Crippen molar-refractivity contribution in [3.8, 4) is 11.6 Å². The summed E-state index contributed by atoms with van der Waals surface area (Å²) in [7, 11) is 0. The third-order valence-corrected chi connectivity index (χ3v) is 4.00. The Morgan fingerprint density at radius 2 is 2.23 bits per heavy atom. The Morgan fingerprint density at radius 3 is 2.85 bits per heavy atom. The van der Waals surface area contributed by atoms with Crippen LogP contribution in [-0.4, -0.2) is 41.7 Å². The zero-order valence-electron chi connectivity index (χ0n) is 14.5. The number of alkyl halides is 1. The number of benzene rings is 1. The Labute approximate surface area is 149 Å². The average molecular weight is 361 g/mol. The Balaban J connectivity index is 1.90. The van der Waals surface area contributed by atoms with Crippen LogP contribution in [0.2, 0.25) is 0 Å². The third-order valence-electron chi connectivity index (χ3n) is 4.00. The molecule has 7 nitrogen and oxygen atoms in total. The van der Waals surface area contributed by atoms with Crippen molar-refractivity contribution in [3.05, 3.63) is 30.0 Å². The standard InChI is InChI=1S/C18H20FN3O4/c1-9(2)26-15-7-12-10(5-13(15)16(20)23)3-4-21-18(12)25-8-11-6-14(19)17(24)22-11/h3-5,7,9,11,14H,6,8H2,1-2H3,(H2,20,23)(H,22,24)/t11-,14+/m0/s1. The van der Waals surface area contributed by atoms with Crippen LogP contribution >= 0.6 is 0 Å². The lowest BCUT2D eigenvalue weighted by molar-refractivity contribution is -0.123. The van der Waals surface area contributed by atoms with Crippen LogP contribution in [0.25, 0.3) is 10.8 Å². The zero-order chi connectivity index (χ0) is 18.8. The molecule has 2 amide bonds. The normalized spacial score (nSPS) is 19.6. The molecule has 3 rings (SSSR count). The van der Waals surface area contributed by atoms with E-state index in [0.29, 0.717) is 22.4 Å². The topological polar surface area (TPSA) is 104 Å². The number of pyridine rings is 1. The molecular weight excluding hydrogens is 341 g/mol. The van der Waals surface area contributed by atoms with Crippen LogP contribution in [0.4, 0.5) is 4.39 Å². The van der Waals surface area contributed by atoms with Gasteiger partial charge < -0.3 is 20.5 Å². The van der Waals surface area contributed by atoms with Gasteiger partial charge in [0, 0.05) is 18.0 Å². The number of halogens is 1. The molecule has 0 spiro atoms. The van der Waals surface area contributed by atoms with E-state index < -0.39 is 24.0 Å². The molecule has 2 heterocycles. The fourth-order valence-electron chi connectivity index (χ4n) is 2.83. The molecule has 0 saturated carbocycles. The molecule has 0 aliphatic carbocycles. The molecule has 1 aliphatic heterocycles. The van der Waals surface area contributed by atoms with Crippen molar-refractivity contribution in [1.82, 2.24) is 10.3 Å². The number of primary amides is 1. The molecule has 0 unspecified atom stereocenters. The molecule has 0 radical (unpaired) electrons. The lowest BCUT2D eigenvalue weighted by atomic mass is 10.1. The first kappa shape index (κ1) is 17.9. The van der Waals surface area contributed by atoms with E-state index in [9.17, 15) is 14.0 Å². The van der Waals surface area contributed by atoms with E-state index in [-0.39, 0.29) is 24.7 Å². The lowest BCUT2D eigenvalue weighted by Crippen LogP contribution is -2.31. The first-order valence-electron chi connectivity index (χ1n) is 8.31. The first-order chi connectivity index (χ1) is 12.3. The van der Waals surface area contributed by atoms with Crippen LogP contribution < -0.4 is 20.5 Å². The smallest absolute Gasteiger partial charge is 0.254 e. The second-order valence-corrected chi connectivity index (χ2v) is 6.44. The summed E-state index contributed by atoms with van der Waals surface area (Å²) in [5, 5.41) is 3.87. The molecular formula is C18H20FN3O4. The average Bonchev–Trinajstić information content (AvgIpc) is 2.89. The van der Waals surface area contributed by atoms with Crippen LogP contribution in [0.1, 0.15) is 30.6 Å². The maximum absolute atomic E-state index is 13.3. The Morgan fingerprint density at radius 1 is 1.46 bits per heavy atom. The molecule has 2 atom stereocenters. The van der Waals surface area contributed by atoms with Crippen LogP contribution in [0.3, 0.4) is 0 Å². The predicted octanol–water partition coefficient (Wildman–Crippen LogP) is 1.73. The zero-order valence-corrected chi connectivity index (χ0v) is 14.5. The van der Waals surface area contributed by atoms with Gasteiger partial charge in [0.25, 0.3) is 11.8 Å². The van der Waals surface area contributed by atoms with Gasteiger partial charge in [-0.3, -0.25) is 9.59 Å². The quantitative estimate of drug-likeness (QED) is 0.815. The van der Waals surface area contributed by atoms with Crippen LogP contribution in [-0.2, 0) is 4.79 Å². The van der Waals surface area contributed by atoms with Crippen molar-refractivity contribution >= 4 is 22.6 Å². The van der Waals surface area contributed by atoms with Crippen molar-refractivity contribution in [2.24, 2.45) is 5.73 Å². The van der Waals surface area contributed by atoms with Crippen molar-refractivity contribution in [1.29, 1.82) is 0 Å². The van der Waals surface area contributed by atoms with Crippen LogP contribution in [0, 0.1) is 0 Å². The molecule has 1 aromatic heterocycles. The van der Waals surface area contributed by atoms with Gasteiger partial charge in [-0.1, -0.05) is 0 Å². The number of hydrogen-bond acceptors (Lipinski definition) is 5. The highest BCUT2D eigenvalue weighted by molar-refractivity contribution is 6.01. The summed E-state index contributed by atoms with van der Waals surface area (Å²) < 4.78 is 24.7. The Bertz CT molecular complexity index is 856. The number of ether oxygens (including phenoxy) is 2. The monoisotopic (exact) mass is 361 g/mol. The van der Waals surface area contributed by atoms with Gasteiger partial charge in [-0.15, -0.1) is 0 Å². The molecule has 3 N–H and O–H groups in total. The summed E-state index contributed by atoms with van der Waals surface area (Å²) in [6, 6.07) is 4.59. The van der Waals surface area contributed by atoms with Gasteiger partial charge in [-0.25, -0.2) is 9.37 Å². The van der Waals surface area contributed by atoms with Crippen molar-refractivity contribution in [2.75, 3.05) is 6.61 Å². The van der Waals surface area contributed by atoms with Crippen LogP contribution in [0.15, 0.2) is 24.4 Å². The number of aromatic nitrogens is 1. The van der Waals surface area contributed by atoms with Crippen molar-refractivity contribution in [3.63, 3.8) is 0 Å². The van der Waals surface area contributed by atoms with Gasteiger partial charge in [-0.05, 0) is 37.4 Å². The molecule has 1 aromatic carbocycles. The Hall–Kier alpha value is -2.90. The summed E-state index contributed by atoms with van der Waals surface area (Å²) >= 11 is 0. The van der Waals surface area contributed by atoms with E-state index in [0.717, 1.165) is 0 Å². The number of nitrogens with two attached hydrogens (primary N) is 1. The Kier molecular flexibility index (Phi) is 4.92. The number of amides is 2. The van der Waals surface area contributed by atoms with Crippen molar-refractivity contribution in [2.45, 2.75) is 38.6 Å². The highest BCUT2D eigenvalue weighted by Gasteiger charge is 2.32. The summed E-state index contributed by atoms with van der Waals surface area (Å²) in [5.41, 5.74) is 5.72. The fourth-order valence-corrected chi connectivity index (χ4v) is 2.83. The number of hydrogen-bond donors (Lipinski definition) is 2. The van der Waals surface area contributed by atoms with Gasteiger partial charge >= 0.3 is 0 Å². The molecule has 8 heteroatoms. The molecule has 26 heavy (non-hydrogen) atoms. The number of nitrogens with one attached hydrogen (secondary N) is 1. The maximum atomic E-state index is 13.3. The minimum absolute atomic E-state index is 0.0666. The highest BCUT2D eigenvalue weighted by atomic mass is 19.1. The minimum atomic E-state index is -1.51. The molecule has 2 aromatic rings. The number of carbonyl (C=O) groups excluding carboxylic acids is 2. The van der Waals surface area contributed by atoms with Crippen molar-refractivity contribution < 1.29 is 23.5 Å². The third kappa shape index (κ3) is 3.68. The summed E-state index contributed by atoms with van der Waals surface area (Å²) in [6.07, 6.45) is -0.0525. The van der Waals surface area contributed by atoms with Gasteiger partial charge in [0.1, 0.15) is 12.4 Å². The fraction of sp³-hybridized carbons (Fsp3) is 0.389. The van der Waals surface area contributed by atoms with E-state index in [1.807, 2.05) is 13.8 Å². The number of nitrogens with zero attached hydrogens (tertiary/aromatic N) is 1. The molecule has 1 saturated heterocycles. The minimum Gasteiger partial charge on any atom is -0.490 e. The summed E-state index contributed by atoms with van der Waals surface area (Å²) in [6.45, 7) is 3.77. The predicted molar refractivity (Wildman–Crippen MR) is 93.0 cm³/mol. The second kappa shape index (κ2) is 7.15. The lowest BCUT2D eigenvalue weighted by Gasteiger charge is -2.16. The maximum Gasteiger partial charge on any atom is 0.254 e. The molecule has 138 valence electrons. The summed E-state index contributed by atoms with van der Waals surface area (Å²) in [4.78, 5) is 27.2. The SMILES string of the molecule is CC(C)Oc1cc2c(OC[C@@H]3C[C@@H](F)C(=O)N3)nccc2cc1C(N)=O. The van der Waals surface area contributed by atoms with E-state index in [4.69, 9.17) is 15.2 Å². The van der Waals surface area contributed by atoms with E-state index in [1.165, 1.54) is 6.20 Å².